The Labute approximate surface area is 73.6 Å². The fraction of sp³-hybridized carbons (Fsp3) is 1.00. The van der Waals surface area contributed by atoms with Crippen LogP contribution in [0, 0.1) is 5.92 Å². The van der Waals surface area contributed by atoms with E-state index in [1.54, 1.807) is 0 Å². The second-order valence-electron chi connectivity index (χ2n) is 4.72. The molecule has 0 spiro atoms. The van der Waals surface area contributed by atoms with Crippen molar-refractivity contribution >= 4 is 0 Å². The summed E-state index contributed by atoms with van der Waals surface area (Å²) in [7, 11) is 0. The summed E-state index contributed by atoms with van der Waals surface area (Å²) in [6.07, 6.45) is 6.42. The van der Waals surface area contributed by atoms with Gasteiger partial charge in [0.15, 0.2) is 0 Å². The molecular weight excluding hydrogens is 150 g/mol. The molecule has 0 aromatic rings. The highest BCUT2D eigenvalue weighted by Crippen LogP contribution is 2.41. The van der Waals surface area contributed by atoms with Gasteiger partial charge in [-0.1, -0.05) is 0 Å². The van der Waals surface area contributed by atoms with E-state index in [-0.39, 0.29) is 6.10 Å². The first-order valence-corrected chi connectivity index (χ1v) is 5.28. The Hall–Kier alpha value is -0.0800. The van der Waals surface area contributed by atoms with Crippen LogP contribution < -0.4 is 0 Å². The van der Waals surface area contributed by atoms with E-state index in [1.807, 2.05) is 0 Å². The van der Waals surface area contributed by atoms with Gasteiger partial charge in [0.2, 0.25) is 0 Å². The van der Waals surface area contributed by atoms with E-state index in [0.29, 0.717) is 5.92 Å². The summed E-state index contributed by atoms with van der Waals surface area (Å²) in [4.78, 5) is 2.67. The van der Waals surface area contributed by atoms with E-state index < -0.39 is 0 Å². The van der Waals surface area contributed by atoms with E-state index in [9.17, 15) is 5.11 Å². The number of fused-ring (bicyclic) bond motifs is 2. The minimum atomic E-state index is 0.0185. The van der Waals surface area contributed by atoms with Gasteiger partial charge in [-0.2, -0.15) is 0 Å². The first-order chi connectivity index (χ1) is 5.84. The summed E-state index contributed by atoms with van der Waals surface area (Å²) in [6.45, 7) is 1.19. The molecule has 0 aromatic carbocycles. The SMILES string of the molecule is OC1CCC2CC1CN2C1CC1. The fourth-order valence-electron chi connectivity index (χ4n) is 2.99. The molecule has 0 radical (unpaired) electrons. The molecular formula is C10H17NO. The topological polar surface area (TPSA) is 23.5 Å². The van der Waals surface area contributed by atoms with E-state index in [2.05, 4.69) is 4.90 Å². The van der Waals surface area contributed by atoms with Gasteiger partial charge in [0.05, 0.1) is 6.10 Å². The minimum absolute atomic E-state index is 0.0185. The molecule has 2 bridgehead atoms. The summed E-state index contributed by atoms with van der Waals surface area (Å²) < 4.78 is 0. The largest absolute Gasteiger partial charge is 0.393 e. The molecule has 3 aliphatic rings. The van der Waals surface area contributed by atoms with Crippen LogP contribution in [0.3, 0.4) is 0 Å². The van der Waals surface area contributed by atoms with Crippen molar-refractivity contribution in [2.75, 3.05) is 6.54 Å². The van der Waals surface area contributed by atoms with Crippen LogP contribution in [0.15, 0.2) is 0 Å². The molecule has 3 unspecified atom stereocenters. The summed E-state index contributed by atoms with van der Waals surface area (Å²) >= 11 is 0. The van der Waals surface area contributed by atoms with Crippen LogP contribution in [0.5, 0.6) is 0 Å². The van der Waals surface area contributed by atoms with Crippen molar-refractivity contribution < 1.29 is 5.11 Å². The molecule has 1 N–H and O–H groups in total. The van der Waals surface area contributed by atoms with Gasteiger partial charge in [0.1, 0.15) is 0 Å². The normalized spacial score (nSPS) is 48.2. The third-order valence-electron chi connectivity index (χ3n) is 3.84. The van der Waals surface area contributed by atoms with Crippen LogP contribution in [0.4, 0.5) is 0 Å². The lowest BCUT2D eigenvalue weighted by Gasteiger charge is -2.25. The third kappa shape index (κ3) is 1.01. The maximum absolute atomic E-state index is 9.69. The Morgan fingerprint density at radius 3 is 2.42 bits per heavy atom. The lowest BCUT2D eigenvalue weighted by molar-refractivity contribution is 0.0893. The molecule has 3 fully saturated rings. The van der Waals surface area contributed by atoms with E-state index >= 15 is 0 Å². The Morgan fingerprint density at radius 2 is 1.75 bits per heavy atom. The number of hydrogen-bond donors (Lipinski definition) is 1. The first-order valence-electron chi connectivity index (χ1n) is 5.28. The number of nitrogens with zero attached hydrogens (tertiary/aromatic N) is 1. The molecule has 2 heteroatoms. The van der Waals surface area contributed by atoms with Crippen molar-refractivity contribution in [1.82, 2.24) is 4.90 Å². The van der Waals surface area contributed by atoms with Gasteiger partial charge in [-0.15, -0.1) is 0 Å². The lowest BCUT2D eigenvalue weighted by atomic mass is 9.88. The van der Waals surface area contributed by atoms with Gasteiger partial charge >= 0.3 is 0 Å². The maximum atomic E-state index is 9.69. The number of aliphatic hydroxyl groups is 1. The van der Waals surface area contributed by atoms with E-state index in [1.165, 1.54) is 32.2 Å². The molecule has 2 aliphatic carbocycles. The highest BCUT2D eigenvalue weighted by molar-refractivity contribution is 4.99. The molecule has 3 atom stereocenters. The number of rotatable bonds is 1. The predicted octanol–water partition coefficient (Wildman–Crippen LogP) is 0.994. The molecule has 3 rings (SSSR count). The first kappa shape index (κ1) is 7.34. The van der Waals surface area contributed by atoms with Gasteiger partial charge < -0.3 is 5.11 Å². The maximum Gasteiger partial charge on any atom is 0.0581 e. The molecule has 1 heterocycles. The standard InChI is InChI=1S/C10H17NO/c12-10-4-3-9-5-7(10)6-11(9)8-1-2-8/h7-10,12H,1-6H2. The van der Waals surface area contributed by atoms with Crippen LogP contribution in [0.25, 0.3) is 0 Å². The molecule has 1 aliphatic heterocycles. The quantitative estimate of drug-likeness (QED) is 0.629. The molecule has 68 valence electrons. The zero-order chi connectivity index (χ0) is 8.13. The van der Waals surface area contributed by atoms with Crippen LogP contribution in [-0.2, 0) is 0 Å². The van der Waals surface area contributed by atoms with E-state index in [4.69, 9.17) is 0 Å². The van der Waals surface area contributed by atoms with Gasteiger partial charge in [0, 0.05) is 18.6 Å². The third-order valence-corrected chi connectivity index (χ3v) is 3.84. The van der Waals surface area contributed by atoms with Gasteiger partial charge in [-0.05, 0) is 38.0 Å². The minimum Gasteiger partial charge on any atom is -0.393 e. The summed E-state index contributed by atoms with van der Waals surface area (Å²) in [5, 5.41) is 9.69. The molecule has 0 amide bonds. The second kappa shape index (κ2) is 2.46. The Kier molecular flexibility index (Phi) is 1.50. The van der Waals surface area contributed by atoms with Crippen LogP contribution in [-0.4, -0.2) is 34.7 Å². The van der Waals surface area contributed by atoms with Crippen molar-refractivity contribution in [3.8, 4) is 0 Å². The second-order valence-corrected chi connectivity index (χ2v) is 4.72. The fourth-order valence-corrected chi connectivity index (χ4v) is 2.99. The summed E-state index contributed by atoms with van der Waals surface area (Å²) in [6, 6.07) is 1.75. The van der Waals surface area contributed by atoms with Crippen molar-refractivity contribution in [2.24, 2.45) is 5.92 Å². The zero-order valence-electron chi connectivity index (χ0n) is 7.45. The van der Waals surface area contributed by atoms with Crippen molar-refractivity contribution in [2.45, 2.75) is 50.3 Å². The lowest BCUT2D eigenvalue weighted by Crippen LogP contribution is -2.31. The molecule has 12 heavy (non-hydrogen) atoms. The van der Waals surface area contributed by atoms with Crippen LogP contribution in [0.2, 0.25) is 0 Å². The van der Waals surface area contributed by atoms with Crippen molar-refractivity contribution in [1.29, 1.82) is 0 Å². The van der Waals surface area contributed by atoms with Crippen LogP contribution >= 0.6 is 0 Å². The number of hydrogen-bond acceptors (Lipinski definition) is 2. The average Bonchev–Trinajstić information content (AvgIpc) is 2.83. The van der Waals surface area contributed by atoms with Gasteiger partial charge in [0.25, 0.3) is 0 Å². The van der Waals surface area contributed by atoms with Gasteiger partial charge in [-0.3, -0.25) is 4.90 Å². The zero-order valence-corrected chi connectivity index (χ0v) is 7.45. The van der Waals surface area contributed by atoms with Crippen molar-refractivity contribution in [3.63, 3.8) is 0 Å². The van der Waals surface area contributed by atoms with E-state index in [0.717, 1.165) is 18.5 Å². The molecule has 2 nitrogen and oxygen atoms in total. The summed E-state index contributed by atoms with van der Waals surface area (Å²) in [5.41, 5.74) is 0. The Bertz CT molecular complexity index is 190. The van der Waals surface area contributed by atoms with Gasteiger partial charge in [-0.25, -0.2) is 0 Å². The molecule has 2 saturated carbocycles. The van der Waals surface area contributed by atoms with Crippen LogP contribution in [0.1, 0.15) is 32.1 Å². The number of aliphatic hydroxyl groups excluding tert-OH is 1. The highest BCUT2D eigenvalue weighted by Gasteiger charge is 2.45. The van der Waals surface area contributed by atoms with Crippen molar-refractivity contribution in [3.05, 3.63) is 0 Å². The highest BCUT2D eigenvalue weighted by atomic mass is 16.3. The molecule has 0 aromatic heterocycles. The predicted molar refractivity (Wildman–Crippen MR) is 46.9 cm³/mol. The smallest absolute Gasteiger partial charge is 0.0581 e. The Balaban J connectivity index is 1.75. The Morgan fingerprint density at radius 1 is 1.00 bits per heavy atom. The molecule has 1 saturated heterocycles. The number of likely N-dealkylation sites (tertiary alicyclic amines) is 1. The monoisotopic (exact) mass is 167 g/mol. The average molecular weight is 167 g/mol. The summed E-state index contributed by atoms with van der Waals surface area (Å²) in [5.74, 6) is 0.615.